The SMILES string of the molecule is O=C(NCCC1CCCC1)c1ccc(F)c(S(=O)(=O)Cl)c1. The molecule has 4 nitrogen and oxygen atoms in total. The molecule has 0 bridgehead atoms. The van der Waals surface area contributed by atoms with Crippen molar-refractivity contribution >= 4 is 25.6 Å². The van der Waals surface area contributed by atoms with Crippen LogP contribution in [0, 0.1) is 11.7 Å². The zero-order valence-electron chi connectivity index (χ0n) is 11.4. The molecule has 0 atom stereocenters. The van der Waals surface area contributed by atoms with Gasteiger partial charge in [-0.25, -0.2) is 12.8 Å². The molecule has 7 heteroatoms. The van der Waals surface area contributed by atoms with Crippen LogP contribution in [0.1, 0.15) is 42.5 Å². The second-order valence-electron chi connectivity index (χ2n) is 5.28. The molecule has 21 heavy (non-hydrogen) atoms. The second kappa shape index (κ2) is 6.75. The van der Waals surface area contributed by atoms with Gasteiger partial charge >= 0.3 is 0 Å². The minimum Gasteiger partial charge on any atom is -0.352 e. The van der Waals surface area contributed by atoms with Gasteiger partial charge in [-0.3, -0.25) is 4.79 Å². The van der Waals surface area contributed by atoms with E-state index < -0.39 is 25.7 Å². The van der Waals surface area contributed by atoms with Crippen molar-refractivity contribution in [1.29, 1.82) is 0 Å². The largest absolute Gasteiger partial charge is 0.352 e. The summed E-state index contributed by atoms with van der Waals surface area (Å²) in [6, 6.07) is 3.13. The molecule has 0 aromatic heterocycles. The minimum atomic E-state index is -4.21. The predicted octanol–water partition coefficient (Wildman–Crippen LogP) is 3.06. The fourth-order valence-electron chi connectivity index (χ4n) is 2.62. The van der Waals surface area contributed by atoms with Crippen LogP contribution in [0.2, 0.25) is 0 Å². The highest BCUT2D eigenvalue weighted by molar-refractivity contribution is 8.13. The molecule has 0 heterocycles. The van der Waals surface area contributed by atoms with E-state index in [1.807, 2.05) is 0 Å². The Bertz CT molecular complexity index is 627. The minimum absolute atomic E-state index is 0.0852. The summed E-state index contributed by atoms with van der Waals surface area (Å²) >= 11 is 0. The van der Waals surface area contributed by atoms with E-state index in [0.29, 0.717) is 12.5 Å². The summed E-state index contributed by atoms with van der Waals surface area (Å²) in [4.78, 5) is 11.3. The number of hydrogen-bond acceptors (Lipinski definition) is 3. The second-order valence-corrected chi connectivity index (χ2v) is 7.81. The standard InChI is InChI=1S/C14H17ClFNO3S/c15-21(19,20)13-9-11(5-6-12(13)16)14(18)17-8-7-10-3-1-2-4-10/h5-6,9-10H,1-4,7-8H2,(H,17,18). The summed E-state index contributed by atoms with van der Waals surface area (Å²) in [5, 5.41) is 2.72. The van der Waals surface area contributed by atoms with E-state index in [2.05, 4.69) is 5.32 Å². The maximum Gasteiger partial charge on any atom is 0.264 e. The van der Waals surface area contributed by atoms with Crippen LogP contribution in [-0.4, -0.2) is 20.9 Å². The van der Waals surface area contributed by atoms with Crippen LogP contribution in [-0.2, 0) is 9.05 Å². The van der Waals surface area contributed by atoms with Crippen LogP contribution in [0.3, 0.4) is 0 Å². The fourth-order valence-corrected chi connectivity index (χ4v) is 3.55. The van der Waals surface area contributed by atoms with Gasteiger partial charge in [-0.15, -0.1) is 0 Å². The van der Waals surface area contributed by atoms with Crippen LogP contribution < -0.4 is 5.32 Å². The monoisotopic (exact) mass is 333 g/mol. The maximum absolute atomic E-state index is 13.4. The van der Waals surface area contributed by atoms with Crippen LogP contribution >= 0.6 is 10.7 Å². The van der Waals surface area contributed by atoms with Crippen molar-refractivity contribution in [3.63, 3.8) is 0 Å². The Hall–Kier alpha value is -1.14. The first-order valence-electron chi connectivity index (χ1n) is 6.90. The van der Waals surface area contributed by atoms with Gasteiger partial charge in [0.15, 0.2) is 0 Å². The summed E-state index contributed by atoms with van der Waals surface area (Å²) in [7, 11) is 0.926. The Balaban J connectivity index is 1.99. The molecule has 1 aliphatic rings. The molecule has 1 fully saturated rings. The zero-order chi connectivity index (χ0) is 15.5. The smallest absolute Gasteiger partial charge is 0.264 e. The Morgan fingerprint density at radius 2 is 2.00 bits per heavy atom. The quantitative estimate of drug-likeness (QED) is 0.842. The third kappa shape index (κ3) is 4.41. The van der Waals surface area contributed by atoms with Crippen LogP contribution in [0.5, 0.6) is 0 Å². The molecular weight excluding hydrogens is 317 g/mol. The van der Waals surface area contributed by atoms with Crippen molar-refractivity contribution < 1.29 is 17.6 Å². The number of nitrogens with one attached hydrogen (secondary N) is 1. The van der Waals surface area contributed by atoms with Crippen LogP contribution in [0.4, 0.5) is 4.39 Å². The first-order chi connectivity index (χ1) is 9.88. The van der Waals surface area contributed by atoms with E-state index in [9.17, 15) is 17.6 Å². The summed E-state index contributed by atoms with van der Waals surface area (Å²) in [6.07, 6.45) is 5.79. The summed E-state index contributed by atoms with van der Waals surface area (Å²) in [6.45, 7) is 0.532. The first-order valence-corrected chi connectivity index (χ1v) is 9.21. The maximum atomic E-state index is 13.4. The third-order valence-electron chi connectivity index (χ3n) is 3.77. The number of carbonyl (C=O) groups excluding carboxylic acids is 1. The molecule has 1 amide bonds. The number of amides is 1. The normalized spacial score (nSPS) is 16.1. The van der Waals surface area contributed by atoms with Crippen molar-refractivity contribution in [1.82, 2.24) is 5.32 Å². The number of halogens is 2. The van der Waals surface area contributed by atoms with Gasteiger partial charge in [-0.1, -0.05) is 25.7 Å². The summed E-state index contributed by atoms with van der Waals surface area (Å²) < 4.78 is 35.8. The lowest BCUT2D eigenvalue weighted by molar-refractivity contribution is 0.0951. The van der Waals surface area contributed by atoms with Crippen molar-refractivity contribution in [3.8, 4) is 0 Å². The molecular formula is C14H17ClFNO3S. The van der Waals surface area contributed by atoms with Gasteiger partial charge in [0.1, 0.15) is 10.7 Å². The molecule has 0 spiro atoms. The molecule has 1 aromatic carbocycles. The number of hydrogen-bond donors (Lipinski definition) is 1. The van der Waals surface area contributed by atoms with Crippen LogP contribution in [0.15, 0.2) is 23.1 Å². The van der Waals surface area contributed by atoms with E-state index in [1.165, 1.54) is 31.7 Å². The molecule has 1 aromatic rings. The van der Waals surface area contributed by atoms with Crippen molar-refractivity contribution in [2.24, 2.45) is 5.92 Å². The van der Waals surface area contributed by atoms with Gasteiger partial charge in [0.25, 0.3) is 15.0 Å². The molecule has 2 rings (SSSR count). The summed E-state index contributed by atoms with van der Waals surface area (Å²) in [5.74, 6) is -0.737. The Kier molecular flexibility index (Phi) is 5.22. The highest BCUT2D eigenvalue weighted by Gasteiger charge is 2.19. The van der Waals surface area contributed by atoms with Crippen LogP contribution in [0.25, 0.3) is 0 Å². The molecule has 0 radical (unpaired) electrons. The molecule has 0 unspecified atom stereocenters. The molecule has 116 valence electrons. The van der Waals surface area contributed by atoms with Gasteiger partial charge in [0.2, 0.25) is 0 Å². The van der Waals surface area contributed by atoms with Gasteiger partial charge in [0.05, 0.1) is 0 Å². The Morgan fingerprint density at radius 3 is 2.62 bits per heavy atom. The fraction of sp³-hybridized carbons (Fsp3) is 0.500. The molecule has 0 aliphatic heterocycles. The first kappa shape index (κ1) is 16.2. The predicted molar refractivity (Wildman–Crippen MR) is 78.3 cm³/mol. The highest BCUT2D eigenvalue weighted by Crippen LogP contribution is 2.27. The topological polar surface area (TPSA) is 63.2 Å². The van der Waals surface area contributed by atoms with Crippen molar-refractivity contribution in [2.75, 3.05) is 6.54 Å². The van der Waals surface area contributed by atoms with Crippen molar-refractivity contribution in [3.05, 3.63) is 29.6 Å². The molecule has 0 saturated heterocycles. The van der Waals surface area contributed by atoms with Crippen molar-refractivity contribution in [2.45, 2.75) is 37.0 Å². The van der Waals surface area contributed by atoms with Gasteiger partial charge in [0, 0.05) is 22.8 Å². The Labute approximate surface area is 128 Å². The average Bonchev–Trinajstić information content (AvgIpc) is 2.91. The van der Waals surface area contributed by atoms with E-state index >= 15 is 0 Å². The number of benzene rings is 1. The average molecular weight is 334 g/mol. The van der Waals surface area contributed by atoms with Gasteiger partial charge in [-0.2, -0.15) is 0 Å². The molecule has 1 aliphatic carbocycles. The van der Waals surface area contributed by atoms with Gasteiger partial charge < -0.3 is 5.32 Å². The molecule has 1 saturated carbocycles. The van der Waals surface area contributed by atoms with E-state index in [-0.39, 0.29) is 5.56 Å². The summed E-state index contributed by atoms with van der Waals surface area (Å²) in [5.41, 5.74) is 0.0852. The van der Waals surface area contributed by atoms with E-state index in [1.54, 1.807) is 0 Å². The lowest BCUT2D eigenvalue weighted by atomic mass is 10.0. The third-order valence-corrected chi connectivity index (χ3v) is 5.11. The van der Waals surface area contributed by atoms with E-state index in [0.717, 1.165) is 18.6 Å². The van der Waals surface area contributed by atoms with Gasteiger partial charge in [-0.05, 0) is 30.5 Å². The number of carbonyl (C=O) groups is 1. The van der Waals surface area contributed by atoms with E-state index in [4.69, 9.17) is 10.7 Å². The lowest BCUT2D eigenvalue weighted by Crippen LogP contribution is -2.25. The lowest BCUT2D eigenvalue weighted by Gasteiger charge is -2.10. The molecule has 1 N–H and O–H groups in total. The highest BCUT2D eigenvalue weighted by atomic mass is 35.7. The Morgan fingerprint density at radius 1 is 1.33 bits per heavy atom. The zero-order valence-corrected chi connectivity index (χ0v) is 13.0. The number of rotatable bonds is 5.